The Kier molecular flexibility index (Phi) is 3.83. The van der Waals surface area contributed by atoms with Gasteiger partial charge in [-0.1, -0.05) is 34.5 Å². The topological polar surface area (TPSA) is 51.0 Å². The average molecular weight is 271 g/mol. The van der Waals surface area contributed by atoms with E-state index in [1.165, 1.54) is 23.1 Å². The second-order valence-electron chi connectivity index (χ2n) is 5.76. The lowest BCUT2D eigenvalue weighted by atomic mass is 10.00. The largest absolute Gasteiger partial charge is 0.339 e. The molecule has 0 spiro atoms. The maximum atomic E-state index is 5.44. The van der Waals surface area contributed by atoms with Gasteiger partial charge in [0.15, 0.2) is 5.82 Å². The summed E-state index contributed by atoms with van der Waals surface area (Å²) in [7, 11) is 0. The Morgan fingerprint density at radius 2 is 2.05 bits per heavy atom. The number of hydrogen-bond acceptors (Lipinski definition) is 4. The molecule has 2 heterocycles. The third kappa shape index (κ3) is 3.07. The van der Waals surface area contributed by atoms with Crippen LogP contribution in [0.2, 0.25) is 0 Å². The molecule has 1 atom stereocenters. The molecule has 0 saturated carbocycles. The maximum absolute atomic E-state index is 5.44. The highest BCUT2D eigenvalue weighted by Gasteiger charge is 2.21. The molecule has 1 aromatic carbocycles. The third-order valence-corrected chi connectivity index (χ3v) is 3.77. The zero-order chi connectivity index (χ0) is 13.9. The van der Waals surface area contributed by atoms with Crippen LogP contribution >= 0.6 is 0 Å². The number of nitrogens with zero attached hydrogens (tertiary/aromatic N) is 2. The molecule has 1 fully saturated rings. The van der Waals surface area contributed by atoms with Crippen LogP contribution in [-0.4, -0.2) is 23.2 Å². The Bertz CT molecular complexity index is 565. The van der Waals surface area contributed by atoms with Crippen LogP contribution in [0.1, 0.15) is 47.2 Å². The Hall–Kier alpha value is -1.68. The van der Waals surface area contributed by atoms with Crippen molar-refractivity contribution >= 4 is 0 Å². The molecule has 1 N–H and O–H groups in total. The Balaban J connectivity index is 1.73. The van der Waals surface area contributed by atoms with Gasteiger partial charge in [0.2, 0.25) is 5.89 Å². The van der Waals surface area contributed by atoms with Gasteiger partial charge in [0.05, 0.1) is 5.92 Å². The van der Waals surface area contributed by atoms with Crippen LogP contribution in [0.25, 0.3) is 0 Å². The first-order valence-electron chi connectivity index (χ1n) is 7.31. The summed E-state index contributed by atoms with van der Waals surface area (Å²) in [6.07, 6.45) is 3.06. The molecule has 1 aliphatic rings. The lowest BCUT2D eigenvalue weighted by molar-refractivity contribution is 0.320. The fourth-order valence-electron chi connectivity index (χ4n) is 2.92. The molecule has 0 unspecified atom stereocenters. The minimum atomic E-state index is 0.379. The highest BCUT2D eigenvalue weighted by atomic mass is 16.5. The fraction of sp³-hybridized carbons (Fsp3) is 0.500. The molecule has 0 amide bonds. The van der Waals surface area contributed by atoms with E-state index in [0.717, 1.165) is 37.6 Å². The maximum Gasteiger partial charge on any atom is 0.231 e. The second-order valence-corrected chi connectivity index (χ2v) is 5.76. The first-order chi connectivity index (χ1) is 9.70. The molecule has 4 nitrogen and oxygen atoms in total. The predicted molar refractivity (Wildman–Crippen MR) is 77.9 cm³/mol. The van der Waals surface area contributed by atoms with Gasteiger partial charge in [-0.3, -0.25) is 0 Å². The van der Waals surface area contributed by atoms with E-state index in [0.29, 0.717) is 5.92 Å². The highest BCUT2D eigenvalue weighted by Crippen LogP contribution is 2.22. The molecule has 1 aliphatic heterocycles. The summed E-state index contributed by atoms with van der Waals surface area (Å²) < 4.78 is 5.44. The van der Waals surface area contributed by atoms with Crippen molar-refractivity contribution in [2.75, 3.05) is 13.1 Å². The number of nitrogens with one attached hydrogen (secondary N) is 1. The number of piperidine rings is 1. The summed E-state index contributed by atoms with van der Waals surface area (Å²) in [5.74, 6) is 1.95. The van der Waals surface area contributed by atoms with E-state index in [4.69, 9.17) is 4.52 Å². The van der Waals surface area contributed by atoms with Crippen molar-refractivity contribution in [3.8, 4) is 0 Å². The SMILES string of the molecule is Cc1cc(C)cc(Cc2noc([C@H]3CCCNC3)n2)c1. The predicted octanol–water partition coefficient (Wildman–Crippen LogP) is 2.74. The van der Waals surface area contributed by atoms with Crippen molar-refractivity contribution in [1.29, 1.82) is 0 Å². The zero-order valence-corrected chi connectivity index (χ0v) is 12.1. The summed E-state index contributed by atoms with van der Waals surface area (Å²) in [6, 6.07) is 6.55. The molecular weight excluding hydrogens is 250 g/mol. The van der Waals surface area contributed by atoms with Crippen molar-refractivity contribution in [3.05, 3.63) is 46.6 Å². The van der Waals surface area contributed by atoms with Crippen LogP contribution in [0.15, 0.2) is 22.7 Å². The van der Waals surface area contributed by atoms with Gasteiger partial charge in [-0.25, -0.2) is 0 Å². The first-order valence-corrected chi connectivity index (χ1v) is 7.31. The molecule has 1 aromatic heterocycles. The Labute approximate surface area is 119 Å². The molecule has 4 heteroatoms. The number of aromatic nitrogens is 2. The zero-order valence-electron chi connectivity index (χ0n) is 12.1. The van der Waals surface area contributed by atoms with Gasteiger partial charge >= 0.3 is 0 Å². The summed E-state index contributed by atoms with van der Waals surface area (Å²) in [5.41, 5.74) is 3.80. The van der Waals surface area contributed by atoms with Gasteiger partial charge in [0.25, 0.3) is 0 Å². The molecule has 3 rings (SSSR count). The number of rotatable bonds is 3. The molecule has 0 aliphatic carbocycles. The summed E-state index contributed by atoms with van der Waals surface area (Å²) in [5, 5.41) is 7.51. The molecule has 1 saturated heterocycles. The van der Waals surface area contributed by atoms with Crippen molar-refractivity contribution in [2.45, 2.75) is 39.0 Å². The fourth-order valence-corrected chi connectivity index (χ4v) is 2.92. The van der Waals surface area contributed by atoms with E-state index < -0.39 is 0 Å². The molecule has 0 bridgehead atoms. The second kappa shape index (κ2) is 5.75. The molecule has 2 aromatic rings. The van der Waals surface area contributed by atoms with Crippen LogP contribution in [-0.2, 0) is 6.42 Å². The summed E-state index contributed by atoms with van der Waals surface area (Å²) >= 11 is 0. The number of hydrogen-bond donors (Lipinski definition) is 1. The highest BCUT2D eigenvalue weighted by molar-refractivity contribution is 5.30. The Morgan fingerprint density at radius 1 is 1.25 bits per heavy atom. The van der Waals surface area contributed by atoms with Crippen LogP contribution in [0.5, 0.6) is 0 Å². The first kappa shape index (κ1) is 13.3. The monoisotopic (exact) mass is 271 g/mol. The van der Waals surface area contributed by atoms with E-state index in [-0.39, 0.29) is 0 Å². The van der Waals surface area contributed by atoms with E-state index in [1.54, 1.807) is 0 Å². The van der Waals surface area contributed by atoms with Crippen molar-refractivity contribution in [1.82, 2.24) is 15.5 Å². The van der Waals surface area contributed by atoms with Crippen LogP contribution in [0.4, 0.5) is 0 Å². The van der Waals surface area contributed by atoms with Gasteiger partial charge in [-0.15, -0.1) is 0 Å². The molecule has 106 valence electrons. The standard InChI is InChI=1S/C16H21N3O/c1-11-6-12(2)8-13(7-11)9-15-18-16(20-19-15)14-4-3-5-17-10-14/h6-8,14,17H,3-5,9-10H2,1-2H3/t14-/m0/s1. The van der Waals surface area contributed by atoms with Gasteiger partial charge in [-0.2, -0.15) is 4.98 Å². The van der Waals surface area contributed by atoms with E-state index in [9.17, 15) is 0 Å². The minimum absolute atomic E-state index is 0.379. The van der Waals surface area contributed by atoms with Crippen molar-refractivity contribution in [2.24, 2.45) is 0 Å². The van der Waals surface area contributed by atoms with Gasteiger partial charge in [-0.05, 0) is 38.8 Å². The third-order valence-electron chi connectivity index (χ3n) is 3.77. The van der Waals surface area contributed by atoms with Gasteiger partial charge < -0.3 is 9.84 Å². The normalized spacial score (nSPS) is 19.2. The molecule has 20 heavy (non-hydrogen) atoms. The van der Waals surface area contributed by atoms with Crippen LogP contribution in [0, 0.1) is 13.8 Å². The van der Waals surface area contributed by atoms with Crippen molar-refractivity contribution in [3.63, 3.8) is 0 Å². The molecule has 0 radical (unpaired) electrons. The van der Waals surface area contributed by atoms with Crippen LogP contribution in [0.3, 0.4) is 0 Å². The average Bonchev–Trinajstić information content (AvgIpc) is 2.87. The summed E-state index contributed by atoms with van der Waals surface area (Å²) in [6.45, 7) is 6.28. The van der Waals surface area contributed by atoms with E-state index in [1.807, 2.05) is 0 Å². The van der Waals surface area contributed by atoms with Gasteiger partial charge in [0.1, 0.15) is 0 Å². The molecular formula is C16H21N3O. The quantitative estimate of drug-likeness (QED) is 0.932. The van der Waals surface area contributed by atoms with Crippen LogP contribution < -0.4 is 5.32 Å². The summed E-state index contributed by atoms with van der Waals surface area (Å²) in [4.78, 5) is 4.57. The number of aryl methyl sites for hydroxylation is 2. The lowest BCUT2D eigenvalue weighted by Gasteiger charge is -2.18. The van der Waals surface area contributed by atoms with E-state index in [2.05, 4.69) is 47.5 Å². The van der Waals surface area contributed by atoms with Crippen molar-refractivity contribution < 1.29 is 4.52 Å². The number of benzene rings is 1. The lowest BCUT2D eigenvalue weighted by Crippen LogP contribution is -2.28. The van der Waals surface area contributed by atoms with E-state index >= 15 is 0 Å². The van der Waals surface area contributed by atoms with Gasteiger partial charge in [0, 0.05) is 13.0 Å². The Morgan fingerprint density at radius 3 is 2.75 bits per heavy atom. The minimum Gasteiger partial charge on any atom is -0.339 e. The smallest absolute Gasteiger partial charge is 0.231 e.